The van der Waals surface area contributed by atoms with Crippen LogP contribution in [-0.2, 0) is 28.6 Å². The summed E-state index contributed by atoms with van der Waals surface area (Å²) in [5.74, 6) is -0.934. The van der Waals surface area contributed by atoms with Crippen LogP contribution in [0.25, 0.3) is 0 Å². The number of unbranched alkanes of at least 4 members (excludes halogenated alkanes) is 19. The first-order valence-electron chi connectivity index (χ1n) is 21.6. The average Bonchev–Trinajstić information content (AvgIpc) is 3.14. The van der Waals surface area contributed by atoms with E-state index in [9.17, 15) is 14.4 Å². The first kappa shape index (κ1) is 49.4. The maximum Gasteiger partial charge on any atom is 0.306 e. The van der Waals surface area contributed by atoms with Gasteiger partial charge in [0.2, 0.25) is 0 Å². The molecule has 0 aliphatic carbocycles. The summed E-state index contributed by atoms with van der Waals surface area (Å²) in [6.07, 6.45) is 46.7. The third kappa shape index (κ3) is 38.6. The highest BCUT2D eigenvalue weighted by Crippen LogP contribution is 2.14. The van der Waals surface area contributed by atoms with Gasteiger partial charge in [-0.25, -0.2) is 0 Å². The smallest absolute Gasteiger partial charge is 0.306 e. The molecule has 0 aliphatic rings. The molecular formula is C46H80O6. The Hall–Kier alpha value is -2.63. The topological polar surface area (TPSA) is 78.9 Å². The van der Waals surface area contributed by atoms with Crippen LogP contribution in [0, 0.1) is 0 Å². The van der Waals surface area contributed by atoms with Crippen LogP contribution in [0.2, 0.25) is 0 Å². The largest absolute Gasteiger partial charge is 0.462 e. The summed E-state index contributed by atoms with van der Waals surface area (Å²) in [5, 5.41) is 0. The number of carbonyl (C=O) groups is 3. The molecular weight excluding hydrogens is 648 g/mol. The monoisotopic (exact) mass is 729 g/mol. The zero-order valence-corrected chi connectivity index (χ0v) is 34.1. The van der Waals surface area contributed by atoms with Crippen LogP contribution >= 0.6 is 0 Å². The van der Waals surface area contributed by atoms with Crippen LogP contribution in [0.1, 0.15) is 207 Å². The minimum atomic E-state index is -0.781. The van der Waals surface area contributed by atoms with E-state index in [2.05, 4.69) is 69.4 Å². The number of allylic oxidation sites excluding steroid dienone is 8. The Bertz CT molecular complexity index is 933. The maximum atomic E-state index is 12.6. The molecule has 6 heteroatoms. The van der Waals surface area contributed by atoms with E-state index in [4.69, 9.17) is 14.2 Å². The number of hydrogen-bond acceptors (Lipinski definition) is 6. The molecule has 0 bridgehead atoms. The van der Waals surface area contributed by atoms with Gasteiger partial charge < -0.3 is 14.2 Å². The van der Waals surface area contributed by atoms with Crippen LogP contribution in [0.15, 0.2) is 48.6 Å². The van der Waals surface area contributed by atoms with Crippen molar-refractivity contribution in [1.82, 2.24) is 0 Å². The van der Waals surface area contributed by atoms with E-state index >= 15 is 0 Å². The van der Waals surface area contributed by atoms with Gasteiger partial charge in [-0.15, -0.1) is 0 Å². The van der Waals surface area contributed by atoms with Crippen molar-refractivity contribution >= 4 is 17.9 Å². The van der Waals surface area contributed by atoms with Crippen molar-refractivity contribution in [1.29, 1.82) is 0 Å². The maximum absolute atomic E-state index is 12.6. The van der Waals surface area contributed by atoms with Crippen molar-refractivity contribution in [2.45, 2.75) is 213 Å². The van der Waals surface area contributed by atoms with E-state index in [1.807, 2.05) is 0 Å². The van der Waals surface area contributed by atoms with Gasteiger partial charge in [0, 0.05) is 19.3 Å². The highest BCUT2D eigenvalue weighted by Gasteiger charge is 2.19. The number of hydrogen-bond donors (Lipinski definition) is 0. The summed E-state index contributed by atoms with van der Waals surface area (Å²) in [6, 6.07) is 0. The number of rotatable bonds is 38. The molecule has 0 heterocycles. The SMILES string of the molecule is CC/C=C\C/C=C\C/C=C\C/C=C\CCCCC(=O)OC[C@@H](COC(=O)CCCCCCCCCCC)OC(=O)CCCCCCCCCCCC. The normalized spacial score (nSPS) is 12.4. The molecule has 0 radical (unpaired) electrons. The Morgan fingerprint density at radius 1 is 0.404 bits per heavy atom. The Labute approximate surface area is 320 Å². The summed E-state index contributed by atoms with van der Waals surface area (Å²) in [4.78, 5) is 37.5. The van der Waals surface area contributed by atoms with Gasteiger partial charge >= 0.3 is 17.9 Å². The second-order valence-corrected chi connectivity index (χ2v) is 14.2. The summed E-state index contributed by atoms with van der Waals surface area (Å²) in [7, 11) is 0. The lowest BCUT2D eigenvalue weighted by atomic mass is 10.1. The highest BCUT2D eigenvalue weighted by molar-refractivity contribution is 5.71. The predicted molar refractivity (Wildman–Crippen MR) is 219 cm³/mol. The van der Waals surface area contributed by atoms with Crippen molar-refractivity contribution in [3.8, 4) is 0 Å². The fourth-order valence-electron chi connectivity index (χ4n) is 5.84. The summed E-state index contributed by atoms with van der Waals surface area (Å²) >= 11 is 0. The lowest BCUT2D eigenvalue weighted by Gasteiger charge is -2.18. The van der Waals surface area contributed by atoms with Crippen molar-refractivity contribution in [3.63, 3.8) is 0 Å². The average molecular weight is 729 g/mol. The van der Waals surface area contributed by atoms with Crippen LogP contribution in [0.3, 0.4) is 0 Å². The molecule has 52 heavy (non-hydrogen) atoms. The first-order valence-corrected chi connectivity index (χ1v) is 21.6. The Morgan fingerprint density at radius 3 is 1.17 bits per heavy atom. The number of esters is 3. The molecule has 1 atom stereocenters. The minimum Gasteiger partial charge on any atom is -0.462 e. The van der Waals surface area contributed by atoms with Gasteiger partial charge in [0.1, 0.15) is 13.2 Å². The van der Waals surface area contributed by atoms with Gasteiger partial charge in [0.05, 0.1) is 0 Å². The number of carbonyl (C=O) groups excluding carboxylic acids is 3. The fourth-order valence-corrected chi connectivity index (χ4v) is 5.84. The van der Waals surface area contributed by atoms with Crippen molar-refractivity contribution in [3.05, 3.63) is 48.6 Å². The molecule has 0 saturated heterocycles. The van der Waals surface area contributed by atoms with Crippen LogP contribution in [-0.4, -0.2) is 37.2 Å². The fraction of sp³-hybridized carbons (Fsp3) is 0.761. The molecule has 0 rings (SSSR count). The van der Waals surface area contributed by atoms with Crippen LogP contribution in [0.4, 0.5) is 0 Å². The van der Waals surface area contributed by atoms with Crippen molar-refractivity contribution < 1.29 is 28.6 Å². The van der Waals surface area contributed by atoms with E-state index in [1.54, 1.807) is 0 Å². The predicted octanol–water partition coefficient (Wildman–Crippen LogP) is 13.6. The lowest BCUT2D eigenvalue weighted by Crippen LogP contribution is -2.30. The minimum absolute atomic E-state index is 0.0842. The molecule has 6 nitrogen and oxygen atoms in total. The molecule has 0 aromatic rings. The van der Waals surface area contributed by atoms with E-state index in [0.717, 1.165) is 83.5 Å². The Balaban J connectivity index is 4.42. The second kappa shape index (κ2) is 41.1. The summed E-state index contributed by atoms with van der Waals surface area (Å²) in [6.45, 7) is 6.44. The van der Waals surface area contributed by atoms with E-state index in [0.29, 0.717) is 19.3 Å². The molecule has 0 N–H and O–H groups in total. The molecule has 0 aromatic carbocycles. The third-order valence-electron chi connectivity index (χ3n) is 9.10. The zero-order chi connectivity index (χ0) is 38.0. The molecule has 0 aromatic heterocycles. The van der Waals surface area contributed by atoms with Crippen LogP contribution < -0.4 is 0 Å². The van der Waals surface area contributed by atoms with Crippen molar-refractivity contribution in [2.24, 2.45) is 0 Å². The number of ether oxygens (including phenoxy) is 3. The van der Waals surface area contributed by atoms with Gasteiger partial charge in [-0.2, -0.15) is 0 Å². The molecule has 0 spiro atoms. The van der Waals surface area contributed by atoms with Gasteiger partial charge in [-0.3, -0.25) is 14.4 Å². The lowest BCUT2D eigenvalue weighted by molar-refractivity contribution is -0.167. The quantitative estimate of drug-likeness (QED) is 0.0272. The summed E-state index contributed by atoms with van der Waals surface area (Å²) < 4.78 is 16.6. The van der Waals surface area contributed by atoms with E-state index in [-0.39, 0.29) is 31.1 Å². The summed E-state index contributed by atoms with van der Waals surface area (Å²) in [5.41, 5.74) is 0. The van der Waals surface area contributed by atoms with E-state index < -0.39 is 6.10 Å². The highest BCUT2D eigenvalue weighted by atomic mass is 16.6. The van der Waals surface area contributed by atoms with Gasteiger partial charge in [0.15, 0.2) is 6.10 Å². The van der Waals surface area contributed by atoms with Gasteiger partial charge in [-0.1, -0.05) is 179 Å². The van der Waals surface area contributed by atoms with Crippen LogP contribution in [0.5, 0.6) is 0 Å². The zero-order valence-electron chi connectivity index (χ0n) is 34.1. The Morgan fingerprint density at radius 2 is 0.750 bits per heavy atom. The molecule has 0 saturated carbocycles. The van der Waals surface area contributed by atoms with Gasteiger partial charge in [-0.05, 0) is 57.8 Å². The van der Waals surface area contributed by atoms with Gasteiger partial charge in [0.25, 0.3) is 0 Å². The standard InChI is InChI=1S/C46H80O6/c1-4-7-10-13-16-19-21-22-23-24-25-28-30-33-36-39-45(48)51-42-43(41-50-44(47)38-35-32-29-26-18-15-12-9-6-3)52-46(49)40-37-34-31-27-20-17-14-11-8-5-2/h7,10,16,19,22-23,25,28,43H,4-6,8-9,11-15,17-18,20-21,24,26-27,29-42H2,1-3H3/b10-7-,19-16-,23-22-,28-25-/t43-/m1/s1. The molecule has 0 unspecified atom stereocenters. The van der Waals surface area contributed by atoms with Crippen molar-refractivity contribution in [2.75, 3.05) is 13.2 Å². The molecule has 0 amide bonds. The van der Waals surface area contributed by atoms with E-state index in [1.165, 1.54) is 83.5 Å². The molecule has 0 aliphatic heterocycles. The third-order valence-corrected chi connectivity index (χ3v) is 9.10. The first-order chi connectivity index (χ1) is 25.5. The molecule has 0 fully saturated rings. The molecule has 300 valence electrons. The Kier molecular flexibility index (Phi) is 39.1. The second-order valence-electron chi connectivity index (χ2n) is 14.2.